The van der Waals surface area contributed by atoms with E-state index in [1.54, 1.807) is 0 Å². The van der Waals surface area contributed by atoms with Crippen molar-refractivity contribution in [2.75, 3.05) is 4.90 Å². The van der Waals surface area contributed by atoms with Crippen molar-refractivity contribution >= 4 is 33.0 Å². The van der Waals surface area contributed by atoms with E-state index in [1.807, 2.05) is 6.07 Å². The first-order chi connectivity index (χ1) is 12.8. The molecular formula is C24H18BrN. The first-order valence-corrected chi connectivity index (χ1v) is 9.37. The van der Waals surface area contributed by atoms with Gasteiger partial charge in [0.25, 0.3) is 0 Å². The lowest BCUT2D eigenvalue weighted by molar-refractivity contribution is 1.28. The highest BCUT2D eigenvalue weighted by Crippen LogP contribution is 2.40. The molecule has 126 valence electrons. The summed E-state index contributed by atoms with van der Waals surface area (Å²) in [5.74, 6) is 0. The summed E-state index contributed by atoms with van der Waals surface area (Å²) >= 11 is 3.61. The van der Waals surface area contributed by atoms with E-state index in [0.29, 0.717) is 0 Å². The van der Waals surface area contributed by atoms with Crippen LogP contribution in [0.4, 0.5) is 17.1 Å². The Kier molecular flexibility index (Phi) is 4.85. The van der Waals surface area contributed by atoms with Crippen LogP contribution in [0.25, 0.3) is 11.1 Å². The quantitative estimate of drug-likeness (QED) is 0.341. The zero-order valence-electron chi connectivity index (χ0n) is 14.2. The molecule has 0 unspecified atom stereocenters. The molecule has 2 heteroatoms. The SMILES string of the molecule is Brc1cccc(N(c2ccccc2)c2ccccc2-c2ccccc2)c1. The topological polar surface area (TPSA) is 3.24 Å². The minimum atomic E-state index is 1.06. The number of nitrogens with zero attached hydrogens (tertiary/aromatic N) is 1. The highest BCUT2D eigenvalue weighted by atomic mass is 79.9. The van der Waals surface area contributed by atoms with Crippen LogP contribution >= 0.6 is 15.9 Å². The lowest BCUT2D eigenvalue weighted by Gasteiger charge is -2.28. The molecule has 1 nitrogen and oxygen atoms in total. The number of halogens is 1. The molecule has 0 amide bonds. The first-order valence-electron chi connectivity index (χ1n) is 8.58. The second-order valence-corrected chi connectivity index (χ2v) is 6.95. The standard InChI is InChI=1S/C24H18BrN/c25-20-12-9-15-22(18-20)26(21-13-5-2-6-14-21)24-17-8-7-16-23(24)19-10-3-1-4-11-19/h1-18H. The maximum Gasteiger partial charge on any atom is 0.0540 e. The van der Waals surface area contributed by atoms with Crippen molar-refractivity contribution in [2.45, 2.75) is 0 Å². The Morgan fingerprint density at radius 2 is 1.15 bits per heavy atom. The van der Waals surface area contributed by atoms with Gasteiger partial charge in [-0.2, -0.15) is 0 Å². The van der Waals surface area contributed by atoms with Crippen LogP contribution in [-0.4, -0.2) is 0 Å². The van der Waals surface area contributed by atoms with Crippen LogP contribution in [0.2, 0.25) is 0 Å². The second-order valence-electron chi connectivity index (χ2n) is 6.03. The van der Waals surface area contributed by atoms with Crippen LogP contribution in [0.3, 0.4) is 0 Å². The Labute approximate surface area is 162 Å². The van der Waals surface area contributed by atoms with Crippen molar-refractivity contribution in [3.63, 3.8) is 0 Å². The molecule has 4 aromatic rings. The zero-order chi connectivity index (χ0) is 17.8. The van der Waals surface area contributed by atoms with Crippen LogP contribution in [0.1, 0.15) is 0 Å². The van der Waals surface area contributed by atoms with Crippen LogP contribution in [-0.2, 0) is 0 Å². The summed E-state index contributed by atoms with van der Waals surface area (Å²) in [6.45, 7) is 0. The molecule has 0 aliphatic heterocycles. The monoisotopic (exact) mass is 399 g/mol. The molecule has 0 saturated carbocycles. The highest BCUT2D eigenvalue weighted by Gasteiger charge is 2.16. The van der Waals surface area contributed by atoms with E-state index in [2.05, 4.69) is 124 Å². The van der Waals surface area contributed by atoms with Gasteiger partial charge >= 0.3 is 0 Å². The average molecular weight is 400 g/mol. The molecule has 0 radical (unpaired) electrons. The van der Waals surface area contributed by atoms with E-state index in [1.165, 1.54) is 11.1 Å². The van der Waals surface area contributed by atoms with Gasteiger partial charge in [-0.25, -0.2) is 0 Å². The lowest BCUT2D eigenvalue weighted by Crippen LogP contribution is -2.11. The molecule has 0 atom stereocenters. The van der Waals surface area contributed by atoms with Crippen LogP contribution in [0.15, 0.2) is 114 Å². The molecule has 0 bridgehead atoms. The summed E-state index contributed by atoms with van der Waals surface area (Å²) in [7, 11) is 0. The highest BCUT2D eigenvalue weighted by molar-refractivity contribution is 9.10. The van der Waals surface area contributed by atoms with Crippen LogP contribution < -0.4 is 4.90 Å². The van der Waals surface area contributed by atoms with Crippen molar-refractivity contribution in [3.8, 4) is 11.1 Å². The number of anilines is 3. The van der Waals surface area contributed by atoms with Crippen molar-refractivity contribution < 1.29 is 0 Å². The fraction of sp³-hybridized carbons (Fsp3) is 0. The summed E-state index contributed by atoms with van der Waals surface area (Å²) in [6, 6.07) is 38.0. The third-order valence-corrected chi connectivity index (χ3v) is 4.80. The minimum Gasteiger partial charge on any atom is -0.310 e. The minimum absolute atomic E-state index is 1.06. The predicted octanol–water partition coefficient (Wildman–Crippen LogP) is 7.59. The van der Waals surface area contributed by atoms with Gasteiger partial charge in [0, 0.05) is 21.4 Å². The maximum atomic E-state index is 3.61. The number of hydrogen-bond acceptors (Lipinski definition) is 1. The average Bonchev–Trinajstić information content (AvgIpc) is 2.70. The molecule has 0 aliphatic carbocycles. The van der Waals surface area contributed by atoms with Crippen LogP contribution in [0, 0.1) is 0 Å². The van der Waals surface area contributed by atoms with Crippen molar-refractivity contribution in [2.24, 2.45) is 0 Å². The summed E-state index contributed by atoms with van der Waals surface area (Å²) in [5.41, 5.74) is 5.82. The summed E-state index contributed by atoms with van der Waals surface area (Å²) < 4.78 is 1.06. The molecule has 4 aromatic carbocycles. The molecule has 0 spiro atoms. The largest absolute Gasteiger partial charge is 0.310 e. The summed E-state index contributed by atoms with van der Waals surface area (Å²) in [4.78, 5) is 2.30. The zero-order valence-corrected chi connectivity index (χ0v) is 15.8. The third-order valence-electron chi connectivity index (χ3n) is 4.31. The molecule has 4 rings (SSSR count). The fourth-order valence-corrected chi connectivity index (χ4v) is 3.54. The third kappa shape index (κ3) is 3.42. The maximum absolute atomic E-state index is 3.61. The molecule has 26 heavy (non-hydrogen) atoms. The Bertz CT molecular complexity index is 997. The van der Waals surface area contributed by atoms with Gasteiger partial charge in [-0.15, -0.1) is 0 Å². The van der Waals surface area contributed by atoms with Gasteiger partial charge in [0.15, 0.2) is 0 Å². The second kappa shape index (κ2) is 7.59. The molecular weight excluding hydrogens is 382 g/mol. The van der Waals surface area contributed by atoms with E-state index < -0.39 is 0 Å². The molecule has 0 saturated heterocycles. The lowest BCUT2D eigenvalue weighted by atomic mass is 10.0. The van der Waals surface area contributed by atoms with Gasteiger partial charge in [-0.05, 0) is 42.0 Å². The molecule has 0 N–H and O–H groups in total. The van der Waals surface area contributed by atoms with Gasteiger partial charge in [-0.1, -0.05) is 88.7 Å². The van der Waals surface area contributed by atoms with Gasteiger partial charge in [-0.3, -0.25) is 0 Å². The normalized spacial score (nSPS) is 10.5. The summed E-state index contributed by atoms with van der Waals surface area (Å²) in [6.07, 6.45) is 0. The predicted molar refractivity (Wildman–Crippen MR) is 114 cm³/mol. The number of hydrogen-bond donors (Lipinski definition) is 0. The van der Waals surface area contributed by atoms with Crippen molar-refractivity contribution in [1.29, 1.82) is 0 Å². The Morgan fingerprint density at radius 1 is 0.538 bits per heavy atom. The van der Waals surface area contributed by atoms with E-state index in [9.17, 15) is 0 Å². The van der Waals surface area contributed by atoms with Crippen molar-refractivity contribution in [1.82, 2.24) is 0 Å². The molecule has 0 aliphatic rings. The number of para-hydroxylation sites is 2. The fourth-order valence-electron chi connectivity index (χ4n) is 3.15. The number of rotatable bonds is 4. The van der Waals surface area contributed by atoms with E-state index in [4.69, 9.17) is 0 Å². The van der Waals surface area contributed by atoms with Gasteiger partial charge in [0.05, 0.1) is 5.69 Å². The first kappa shape index (κ1) is 16.6. The van der Waals surface area contributed by atoms with Gasteiger partial charge in [0.1, 0.15) is 0 Å². The number of benzene rings is 4. The van der Waals surface area contributed by atoms with E-state index >= 15 is 0 Å². The van der Waals surface area contributed by atoms with Crippen LogP contribution in [0.5, 0.6) is 0 Å². The Morgan fingerprint density at radius 3 is 1.88 bits per heavy atom. The van der Waals surface area contributed by atoms with Gasteiger partial charge in [0.2, 0.25) is 0 Å². The van der Waals surface area contributed by atoms with Gasteiger partial charge < -0.3 is 4.90 Å². The molecule has 0 aromatic heterocycles. The van der Waals surface area contributed by atoms with E-state index in [0.717, 1.165) is 21.5 Å². The molecule has 0 heterocycles. The Hall–Kier alpha value is -2.84. The van der Waals surface area contributed by atoms with E-state index in [-0.39, 0.29) is 0 Å². The van der Waals surface area contributed by atoms with Crippen molar-refractivity contribution in [3.05, 3.63) is 114 Å². The molecule has 0 fully saturated rings. The smallest absolute Gasteiger partial charge is 0.0540 e. The Balaban J connectivity index is 1.94. The summed E-state index contributed by atoms with van der Waals surface area (Å²) in [5, 5.41) is 0.